The number of pyridine rings is 1. The molecule has 0 aliphatic heterocycles. The van der Waals surface area contributed by atoms with Crippen molar-refractivity contribution in [1.29, 1.82) is 0 Å². The van der Waals surface area contributed by atoms with Crippen LogP contribution in [-0.4, -0.2) is 19.4 Å². The molecule has 17 heavy (non-hydrogen) atoms. The molecule has 96 valence electrons. The number of nitrogens with zero attached hydrogens (tertiary/aromatic N) is 1. The van der Waals surface area contributed by atoms with Gasteiger partial charge < -0.3 is 5.73 Å². The topological polar surface area (TPSA) is 85.1 Å². The van der Waals surface area contributed by atoms with Crippen molar-refractivity contribution in [1.82, 2.24) is 9.71 Å². The molecule has 1 aromatic heterocycles. The summed E-state index contributed by atoms with van der Waals surface area (Å²) >= 11 is 0. The van der Waals surface area contributed by atoms with Gasteiger partial charge in [-0.25, -0.2) is 18.1 Å². The van der Waals surface area contributed by atoms with Crippen LogP contribution >= 0.6 is 0 Å². The lowest BCUT2D eigenvalue weighted by Gasteiger charge is -2.15. The number of hydrogen-bond acceptors (Lipinski definition) is 4. The van der Waals surface area contributed by atoms with E-state index in [1.54, 1.807) is 0 Å². The van der Waals surface area contributed by atoms with Crippen LogP contribution in [0.3, 0.4) is 0 Å². The van der Waals surface area contributed by atoms with E-state index in [1.165, 1.54) is 18.3 Å². The highest BCUT2D eigenvalue weighted by molar-refractivity contribution is 7.89. The predicted octanol–water partition coefficient (Wildman–Crippen LogP) is 1.38. The average molecular weight is 257 g/mol. The van der Waals surface area contributed by atoms with Gasteiger partial charge in [0.05, 0.1) is 0 Å². The van der Waals surface area contributed by atoms with Crippen LogP contribution in [-0.2, 0) is 10.0 Å². The van der Waals surface area contributed by atoms with Crippen molar-refractivity contribution in [3.63, 3.8) is 0 Å². The van der Waals surface area contributed by atoms with E-state index in [-0.39, 0.29) is 10.9 Å². The molecule has 5 nitrogen and oxygen atoms in total. The van der Waals surface area contributed by atoms with Gasteiger partial charge in [-0.05, 0) is 31.4 Å². The van der Waals surface area contributed by atoms with E-state index in [2.05, 4.69) is 23.6 Å². The molecule has 0 spiro atoms. The molecule has 1 aromatic rings. The number of rotatable bonds is 5. The second-order valence-electron chi connectivity index (χ2n) is 4.57. The van der Waals surface area contributed by atoms with E-state index in [0.29, 0.717) is 11.7 Å². The lowest BCUT2D eigenvalue weighted by Crippen LogP contribution is -2.33. The Bertz CT molecular complexity index is 454. The van der Waals surface area contributed by atoms with Crippen LogP contribution in [0.4, 0.5) is 5.82 Å². The normalized spacial score (nSPS) is 13.9. The van der Waals surface area contributed by atoms with E-state index in [9.17, 15) is 8.42 Å². The van der Waals surface area contributed by atoms with Crippen LogP contribution in [0.25, 0.3) is 0 Å². The Morgan fingerprint density at radius 2 is 2.00 bits per heavy atom. The molecule has 0 aliphatic carbocycles. The largest absolute Gasteiger partial charge is 0.384 e. The van der Waals surface area contributed by atoms with Crippen molar-refractivity contribution in [2.24, 2.45) is 5.92 Å². The summed E-state index contributed by atoms with van der Waals surface area (Å²) in [6.07, 6.45) is 2.06. The molecule has 0 fully saturated rings. The summed E-state index contributed by atoms with van der Waals surface area (Å²) in [6, 6.07) is 2.83. The number of anilines is 1. The van der Waals surface area contributed by atoms with E-state index in [0.717, 1.165) is 6.42 Å². The van der Waals surface area contributed by atoms with Gasteiger partial charge in [0.25, 0.3) is 0 Å². The molecule has 0 bridgehead atoms. The standard InChI is InChI=1S/C11H19N3O2S/c1-8(2)6-9(3)14-17(15,16)10-4-5-11(12)13-7-10/h4-5,7-9,14H,6H2,1-3H3,(H2,12,13). The Morgan fingerprint density at radius 3 is 2.47 bits per heavy atom. The minimum absolute atomic E-state index is 0.0995. The van der Waals surface area contributed by atoms with Gasteiger partial charge in [0.15, 0.2) is 0 Å². The third kappa shape index (κ3) is 4.32. The molecule has 0 saturated carbocycles. The Labute approximate surface area is 102 Å². The van der Waals surface area contributed by atoms with Gasteiger partial charge in [-0.15, -0.1) is 0 Å². The minimum atomic E-state index is -3.49. The van der Waals surface area contributed by atoms with Gasteiger partial charge in [0, 0.05) is 12.2 Å². The van der Waals surface area contributed by atoms with Gasteiger partial charge in [0.2, 0.25) is 10.0 Å². The maximum Gasteiger partial charge on any atom is 0.242 e. The maximum absolute atomic E-state index is 11.9. The zero-order valence-electron chi connectivity index (χ0n) is 10.3. The third-order valence-electron chi connectivity index (χ3n) is 2.25. The Balaban J connectivity index is 2.78. The quantitative estimate of drug-likeness (QED) is 0.834. The first-order valence-electron chi connectivity index (χ1n) is 5.55. The smallest absolute Gasteiger partial charge is 0.242 e. The first kappa shape index (κ1) is 13.9. The molecule has 3 N–H and O–H groups in total. The summed E-state index contributed by atoms with van der Waals surface area (Å²) in [5.41, 5.74) is 5.41. The molecule has 0 radical (unpaired) electrons. The summed E-state index contributed by atoms with van der Waals surface area (Å²) < 4.78 is 26.5. The highest BCUT2D eigenvalue weighted by Crippen LogP contribution is 2.11. The van der Waals surface area contributed by atoms with Crippen molar-refractivity contribution in [3.8, 4) is 0 Å². The van der Waals surface area contributed by atoms with Gasteiger partial charge in [-0.2, -0.15) is 0 Å². The van der Waals surface area contributed by atoms with E-state index in [4.69, 9.17) is 5.73 Å². The Kier molecular flexibility index (Phi) is 4.47. The SMILES string of the molecule is CC(C)CC(C)NS(=O)(=O)c1ccc(N)nc1. The highest BCUT2D eigenvalue weighted by Gasteiger charge is 2.18. The molecule has 1 unspecified atom stereocenters. The molecular weight excluding hydrogens is 238 g/mol. The Hall–Kier alpha value is -1.14. The average Bonchev–Trinajstić information content (AvgIpc) is 2.15. The number of sulfonamides is 1. The van der Waals surface area contributed by atoms with Crippen molar-refractivity contribution >= 4 is 15.8 Å². The number of nitrogen functional groups attached to an aromatic ring is 1. The summed E-state index contributed by atoms with van der Waals surface area (Å²) in [7, 11) is -3.49. The van der Waals surface area contributed by atoms with Crippen LogP contribution < -0.4 is 10.5 Å². The van der Waals surface area contributed by atoms with Crippen LogP contribution in [0.1, 0.15) is 27.2 Å². The monoisotopic (exact) mass is 257 g/mol. The summed E-state index contributed by atoms with van der Waals surface area (Å²) in [5, 5.41) is 0. The second kappa shape index (κ2) is 5.46. The number of hydrogen-bond donors (Lipinski definition) is 2. The number of aromatic nitrogens is 1. The summed E-state index contributed by atoms with van der Waals surface area (Å²) in [6.45, 7) is 5.95. The van der Waals surface area contributed by atoms with Crippen LogP contribution in [0.15, 0.2) is 23.2 Å². The maximum atomic E-state index is 11.9. The Morgan fingerprint density at radius 1 is 1.35 bits per heavy atom. The van der Waals surface area contributed by atoms with Crippen LogP contribution in [0, 0.1) is 5.92 Å². The molecule has 0 aromatic carbocycles. The molecule has 1 atom stereocenters. The van der Waals surface area contributed by atoms with Gasteiger partial charge in [0.1, 0.15) is 10.7 Å². The number of nitrogens with two attached hydrogens (primary N) is 1. The minimum Gasteiger partial charge on any atom is -0.384 e. The summed E-state index contributed by atoms with van der Waals surface area (Å²) in [5.74, 6) is 0.747. The summed E-state index contributed by atoms with van der Waals surface area (Å²) in [4.78, 5) is 3.91. The fourth-order valence-electron chi connectivity index (χ4n) is 1.64. The zero-order valence-corrected chi connectivity index (χ0v) is 11.2. The lowest BCUT2D eigenvalue weighted by molar-refractivity contribution is 0.482. The van der Waals surface area contributed by atoms with E-state index < -0.39 is 10.0 Å². The van der Waals surface area contributed by atoms with Crippen molar-refractivity contribution in [2.75, 3.05) is 5.73 Å². The van der Waals surface area contributed by atoms with E-state index >= 15 is 0 Å². The molecule has 0 aliphatic rings. The molecule has 1 heterocycles. The molecule has 1 rings (SSSR count). The van der Waals surface area contributed by atoms with Gasteiger partial charge in [-0.3, -0.25) is 0 Å². The fraction of sp³-hybridized carbons (Fsp3) is 0.545. The van der Waals surface area contributed by atoms with Gasteiger partial charge >= 0.3 is 0 Å². The molecule has 6 heteroatoms. The third-order valence-corrected chi connectivity index (χ3v) is 3.83. The number of nitrogens with one attached hydrogen (secondary N) is 1. The van der Waals surface area contributed by atoms with Gasteiger partial charge in [-0.1, -0.05) is 13.8 Å². The molecule has 0 saturated heterocycles. The van der Waals surface area contributed by atoms with Crippen molar-refractivity contribution in [3.05, 3.63) is 18.3 Å². The molecule has 0 amide bonds. The fourth-order valence-corrected chi connectivity index (χ4v) is 2.84. The zero-order chi connectivity index (χ0) is 13.1. The van der Waals surface area contributed by atoms with Crippen LogP contribution in [0.2, 0.25) is 0 Å². The lowest BCUT2D eigenvalue weighted by atomic mass is 10.1. The van der Waals surface area contributed by atoms with E-state index in [1.807, 2.05) is 6.92 Å². The predicted molar refractivity (Wildman–Crippen MR) is 67.9 cm³/mol. The van der Waals surface area contributed by atoms with Crippen molar-refractivity contribution in [2.45, 2.75) is 38.1 Å². The second-order valence-corrected chi connectivity index (χ2v) is 6.28. The molecular formula is C11H19N3O2S. The first-order chi connectivity index (χ1) is 7.81. The van der Waals surface area contributed by atoms with Crippen LogP contribution in [0.5, 0.6) is 0 Å². The first-order valence-corrected chi connectivity index (χ1v) is 7.03. The highest BCUT2D eigenvalue weighted by atomic mass is 32.2. The van der Waals surface area contributed by atoms with Crippen molar-refractivity contribution < 1.29 is 8.42 Å².